The van der Waals surface area contributed by atoms with Crippen LogP contribution in [-0.4, -0.2) is 31.2 Å². The molecule has 7 nitrogen and oxygen atoms in total. The maximum Gasteiger partial charge on any atom is 0.358 e. The van der Waals surface area contributed by atoms with Gasteiger partial charge in [-0.2, -0.15) is 0 Å². The Labute approximate surface area is 97.8 Å². The quantitative estimate of drug-likeness (QED) is 0.845. The first-order valence-corrected chi connectivity index (χ1v) is 4.90. The van der Waals surface area contributed by atoms with Crippen LogP contribution in [0.4, 0.5) is 0 Å². The molecule has 0 spiro atoms. The Kier molecular flexibility index (Phi) is 2.82. The minimum Gasteiger partial charge on any atom is -0.476 e. The number of aromatic nitrogens is 4. The van der Waals surface area contributed by atoms with Crippen molar-refractivity contribution >= 4 is 21.9 Å². The van der Waals surface area contributed by atoms with Gasteiger partial charge in [0.05, 0.1) is 0 Å². The molecule has 0 saturated carbocycles. The second-order valence-electron chi connectivity index (χ2n) is 2.70. The van der Waals surface area contributed by atoms with Gasteiger partial charge in [-0.25, -0.2) is 9.78 Å². The monoisotopic (exact) mass is 284 g/mol. The van der Waals surface area contributed by atoms with Crippen LogP contribution in [0.1, 0.15) is 10.5 Å². The van der Waals surface area contributed by atoms with E-state index in [9.17, 15) is 4.79 Å². The van der Waals surface area contributed by atoms with Gasteiger partial charge in [-0.1, -0.05) is 4.85 Å². The highest BCUT2D eigenvalue weighted by Gasteiger charge is 2.10. The van der Waals surface area contributed by atoms with Crippen LogP contribution in [0.5, 0.6) is 5.75 Å². The number of nitrogens with zero attached hydrogens (tertiary/aromatic N) is 4. The van der Waals surface area contributed by atoms with Crippen LogP contribution in [0, 0.1) is 0 Å². The summed E-state index contributed by atoms with van der Waals surface area (Å²) in [5.41, 5.74) is -0.194. The van der Waals surface area contributed by atoms with Crippen LogP contribution >= 0.6 is 15.9 Å². The van der Waals surface area contributed by atoms with Crippen molar-refractivity contribution in [1.82, 2.24) is 20.1 Å². The molecular formula is C8H5BrN4O3. The molecule has 0 bridgehead atoms. The van der Waals surface area contributed by atoms with Gasteiger partial charge >= 0.3 is 5.97 Å². The molecule has 0 aliphatic heterocycles. The molecule has 0 atom stereocenters. The van der Waals surface area contributed by atoms with Crippen molar-refractivity contribution in [3.63, 3.8) is 0 Å². The topological polar surface area (TPSA) is 90.1 Å². The fourth-order valence-corrected chi connectivity index (χ4v) is 1.25. The van der Waals surface area contributed by atoms with E-state index in [0.717, 1.165) is 11.0 Å². The highest BCUT2D eigenvalue weighted by molar-refractivity contribution is 9.10. The normalized spacial score (nSPS) is 10.1. The number of pyridine rings is 1. The van der Waals surface area contributed by atoms with Gasteiger partial charge in [0.15, 0.2) is 16.0 Å². The molecule has 0 unspecified atom stereocenters. The van der Waals surface area contributed by atoms with Crippen LogP contribution in [0.15, 0.2) is 29.1 Å². The summed E-state index contributed by atoms with van der Waals surface area (Å²) in [6, 6.07) is 3.33. The maximum absolute atomic E-state index is 10.5. The summed E-state index contributed by atoms with van der Waals surface area (Å²) in [6.07, 6.45) is 2.74. The first-order chi connectivity index (χ1) is 7.66. The average molecular weight is 285 g/mol. The molecule has 2 heterocycles. The van der Waals surface area contributed by atoms with E-state index in [2.05, 4.69) is 31.2 Å². The Morgan fingerprint density at radius 1 is 1.56 bits per heavy atom. The fourth-order valence-electron chi connectivity index (χ4n) is 0.931. The average Bonchev–Trinajstić information content (AvgIpc) is 2.70. The molecular weight excluding hydrogens is 280 g/mol. The highest BCUT2D eigenvalue weighted by Crippen LogP contribution is 2.20. The smallest absolute Gasteiger partial charge is 0.358 e. The molecule has 2 aromatic heterocycles. The Morgan fingerprint density at radius 2 is 2.38 bits per heavy atom. The summed E-state index contributed by atoms with van der Waals surface area (Å²) in [6.45, 7) is 0. The fraction of sp³-hybridized carbons (Fsp3) is 0. The third-order valence-electron chi connectivity index (χ3n) is 1.61. The Morgan fingerprint density at radius 3 is 3.00 bits per heavy atom. The molecule has 16 heavy (non-hydrogen) atoms. The molecule has 0 saturated heterocycles. The van der Waals surface area contributed by atoms with Crippen molar-refractivity contribution < 1.29 is 14.7 Å². The molecule has 82 valence electrons. The van der Waals surface area contributed by atoms with E-state index in [-0.39, 0.29) is 5.69 Å². The lowest BCUT2D eigenvalue weighted by atomic mass is 10.5. The van der Waals surface area contributed by atoms with Crippen molar-refractivity contribution in [1.29, 1.82) is 0 Å². The van der Waals surface area contributed by atoms with Crippen molar-refractivity contribution in [2.24, 2.45) is 0 Å². The van der Waals surface area contributed by atoms with Crippen LogP contribution in [0.3, 0.4) is 0 Å². The number of carboxylic acid groups (broad SMARTS) is 1. The largest absolute Gasteiger partial charge is 0.476 e. The number of hydrogen-bond donors (Lipinski definition) is 1. The number of carbonyl (C=O) groups is 1. The van der Waals surface area contributed by atoms with Crippen LogP contribution < -0.4 is 4.84 Å². The van der Waals surface area contributed by atoms with E-state index in [1.165, 1.54) is 0 Å². The predicted molar refractivity (Wildman–Crippen MR) is 54.9 cm³/mol. The second-order valence-corrected chi connectivity index (χ2v) is 3.45. The molecule has 0 fully saturated rings. The second kappa shape index (κ2) is 4.27. The highest BCUT2D eigenvalue weighted by atomic mass is 79.9. The maximum atomic E-state index is 10.5. The molecule has 0 amide bonds. The molecule has 0 radical (unpaired) electrons. The van der Waals surface area contributed by atoms with Crippen LogP contribution in [0.2, 0.25) is 0 Å². The number of halogens is 1. The lowest BCUT2D eigenvalue weighted by molar-refractivity contribution is 0.0690. The molecule has 0 aliphatic carbocycles. The molecule has 2 rings (SSSR count). The van der Waals surface area contributed by atoms with E-state index in [1.54, 1.807) is 18.3 Å². The molecule has 2 aromatic rings. The number of carboxylic acids is 1. The van der Waals surface area contributed by atoms with Crippen molar-refractivity contribution in [2.75, 3.05) is 0 Å². The van der Waals surface area contributed by atoms with Gasteiger partial charge in [0.2, 0.25) is 0 Å². The first-order valence-electron chi connectivity index (χ1n) is 4.11. The van der Waals surface area contributed by atoms with Gasteiger partial charge in [-0.15, -0.1) is 5.10 Å². The first kappa shape index (κ1) is 10.6. The molecule has 0 aromatic carbocycles. The summed E-state index contributed by atoms with van der Waals surface area (Å²) in [5.74, 6) is -0.760. The zero-order valence-corrected chi connectivity index (χ0v) is 9.33. The lowest BCUT2D eigenvalue weighted by Crippen LogP contribution is -2.06. The van der Waals surface area contributed by atoms with Crippen molar-refractivity contribution in [2.45, 2.75) is 0 Å². The van der Waals surface area contributed by atoms with Crippen LogP contribution in [0.25, 0.3) is 0 Å². The van der Waals surface area contributed by atoms with Gasteiger partial charge in [0.25, 0.3) is 0 Å². The van der Waals surface area contributed by atoms with E-state index < -0.39 is 5.97 Å². The molecule has 8 heteroatoms. The SMILES string of the molecule is O=C(O)c1cn(Oc2cccnc2Br)nn1. The lowest BCUT2D eigenvalue weighted by Gasteiger charge is -2.03. The van der Waals surface area contributed by atoms with E-state index in [0.29, 0.717) is 10.4 Å². The minimum absolute atomic E-state index is 0.194. The summed E-state index contributed by atoms with van der Waals surface area (Å²) in [4.78, 5) is 20.6. The van der Waals surface area contributed by atoms with Crippen molar-refractivity contribution in [3.8, 4) is 5.75 Å². The number of aromatic carboxylic acids is 1. The number of rotatable bonds is 3. The molecule has 1 N–H and O–H groups in total. The van der Waals surface area contributed by atoms with Gasteiger partial charge in [0, 0.05) is 6.20 Å². The standard InChI is InChI=1S/C8H5BrN4O3/c9-7-6(2-1-3-10-7)16-13-4-5(8(14)15)11-12-13/h1-4H,(H,14,15). The van der Waals surface area contributed by atoms with E-state index in [4.69, 9.17) is 9.94 Å². The summed E-state index contributed by atoms with van der Waals surface area (Å²) >= 11 is 3.18. The zero-order valence-electron chi connectivity index (χ0n) is 7.74. The Bertz CT molecular complexity index is 528. The Balaban J connectivity index is 2.21. The summed E-state index contributed by atoms with van der Waals surface area (Å²) in [5, 5.41) is 15.5. The Hall–Kier alpha value is -1.96. The van der Waals surface area contributed by atoms with Gasteiger partial charge < -0.3 is 9.94 Å². The minimum atomic E-state index is -1.17. The molecule has 0 aliphatic rings. The van der Waals surface area contributed by atoms with Crippen molar-refractivity contribution in [3.05, 3.63) is 34.8 Å². The van der Waals surface area contributed by atoms with Gasteiger partial charge in [-0.3, -0.25) is 0 Å². The third kappa shape index (κ3) is 2.16. The van der Waals surface area contributed by atoms with Gasteiger partial charge in [0.1, 0.15) is 6.20 Å². The summed E-state index contributed by atoms with van der Waals surface area (Å²) in [7, 11) is 0. The van der Waals surface area contributed by atoms with E-state index in [1.807, 2.05) is 0 Å². The van der Waals surface area contributed by atoms with Crippen LogP contribution in [-0.2, 0) is 0 Å². The zero-order chi connectivity index (χ0) is 11.5. The summed E-state index contributed by atoms with van der Waals surface area (Å²) < 4.78 is 0.488. The number of hydrogen-bond acceptors (Lipinski definition) is 5. The van der Waals surface area contributed by atoms with E-state index >= 15 is 0 Å². The van der Waals surface area contributed by atoms with Gasteiger partial charge in [-0.05, 0) is 33.3 Å². The predicted octanol–water partition coefficient (Wildman–Crippen LogP) is 0.976. The third-order valence-corrected chi connectivity index (χ3v) is 2.20.